The highest BCUT2D eigenvalue weighted by atomic mass is 15.0. The number of rotatable bonds is 7. The second-order valence-electron chi connectivity index (χ2n) is 18.0. The maximum Gasteiger partial charge on any atom is 0.0541 e. The molecule has 0 saturated heterocycles. The van der Waals surface area contributed by atoms with Crippen molar-refractivity contribution in [3.05, 3.63) is 237 Å². The first-order valence-corrected chi connectivity index (χ1v) is 23.2. The molecule has 1 nitrogen and oxygen atoms in total. The van der Waals surface area contributed by atoms with Gasteiger partial charge in [-0.25, -0.2) is 0 Å². The summed E-state index contributed by atoms with van der Waals surface area (Å²) in [5.74, 6) is 0. The number of benzene rings is 10. The molecule has 66 heavy (non-hydrogen) atoms. The van der Waals surface area contributed by atoms with Crippen LogP contribution < -0.4 is 0 Å². The Bertz CT molecular complexity index is 3430. The molecular weight excluding hydrogens is 795 g/mol. The zero-order valence-electron chi connectivity index (χ0n) is 39.1. The summed E-state index contributed by atoms with van der Waals surface area (Å²) in [4.78, 5) is 0. The molecule has 0 bridgehead atoms. The smallest absolute Gasteiger partial charge is 0.0541 e. The second-order valence-corrected chi connectivity index (χ2v) is 18.0. The highest BCUT2D eigenvalue weighted by Crippen LogP contribution is 2.43. The summed E-state index contributed by atoms with van der Waals surface area (Å²) in [6.45, 7) is 20.1. The summed E-state index contributed by atoms with van der Waals surface area (Å²) in [6.07, 6.45) is 3.97. The van der Waals surface area contributed by atoms with Gasteiger partial charge in [0, 0.05) is 16.5 Å². The van der Waals surface area contributed by atoms with Gasteiger partial charge in [-0.3, -0.25) is 0 Å². The van der Waals surface area contributed by atoms with Crippen LogP contribution in [0.25, 0.3) is 104 Å². The van der Waals surface area contributed by atoms with E-state index in [1.807, 2.05) is 26.8 Å². The molecule has 0 aliphatic heterocycles. The van der Waals surface area contributed by atoms with Gasteiger partial charge in [-0.1, -0.05) is 229 Å². The molecule has 0 saturated carbocycles. The molecule has 0 aliphatic carbocycles. The van der Waals surface area contributed by atoms with Crippen molar-refractivity contribution < 1.29 is 0 Å². The van der Waals surface area contributed by atoms with Crippen molar-refractivity contribution in [2.45, 2.75) is 41.5 Å². The van der Waals surface area contributed by atoms with Crippen molar-refractivity contribution in [1.82, 2.24) is 4.57 Å². The number of nitrogens with zero attached hydrogens (tertiary/aromatic N) is 1. The fourth-order valence-electron chi connectivity index (χ4n) is 9.48. The van der Waals surface area contributed by atoms with Crippen molar-refractivity contribution in [3.8, 4) is 50.2 Å². The molecule has 1 aromatic heterocycles. The number of allylic oxidation sites excluding steroid dienone is 4. The maximum atomic E-state index is 3.83. The van der Waals surface area contributed by atoms with Crippen LogP contribution in [0.2, 0.25) is 0 Å². The maximum absolute atomic E-state index is 3.83. The zero-order chi connectivity index (χ0) is 46.0. The van der Waals surface area contributed by atoms with Crippen LogP contribution in [0.1, 0.15) is 41.5 Å². The molecule has 0 radical (unpaired) electrons. The predicted molar refractivity (Wildman–Crippen MR) is 290 cm³/mol. The predicted octanol–water partition coefficient (Wildman–Crippen LogP) is 19.1. The minimum absolute atomic E-state index is 0.181. The Labute approximate surface area is 390 Å². The monoisotopic (exact) mass is 851 g/mol. The molecular formula is C65H57N. The lowest BCUT2D eigenvalue weighted by Gasteiger charge is -2.20. The topological polar surface area (TPSA) is 4.93 Å². The van der Waals surface area contributed by atoms with Crippen LogP contribution in [0.15, 0.2) is 237 Å². The SMILES string of the molecule is C=C/C(=C\C(=C)C)C(C)(C)C.CC.c1ccc(-c2ccc3c(c2)c2cc(-c4ccccc4)ccc2n3-c2ccc(-c3ccc4ccc5c(-c6ccccc6)ccc6ccc3c4c65)cc2)cc1. The molecule has 11 aromatic rings. The average molecular weight is 852 g/mol. The van der Waals surface area contributed by atoms with Gasteiger partial charge in [-0.15, -0.1) is 0 Å². The number of hydrogen-bond acceptors (Lipinski definition) is 0. The van der Waals surface area contributed by atoms with Gasteiger partial charge in [0.15, 0.2) is 0 Å². The van der Waals surface area contributed by atoms with Gasteiger partial charge in [-0.05, 0) is 131 Å². The first-order valence-electron chi connectivity index (χ1n) is 23.2. The van der Waals surface area contributed by atoms with E-state index in [1.165, 1.54) is 104 Å². The van der Waals surface area contributed by atoms with Gasteiger partial charge >= 0.3 is 0 Å². The summed E-state index contributed by atoms with van der Waals surface area (Å²) < 4.78 is 2.42. The fraction of sp³-hybridized carbons (Fsp3) is 0.108. The molecule has 0 atom stereocenters. The largest absolute Gasteiger partial charge is 0.309 e. The van der Waals surface area contributed by atoms with Crippen LogP contribution in [0.3, 0.4) is 0 Å². The van der Waals surface area contributed by atoms with E-state index in [9.17, 15) is 0 Å². The Hall–Kier alpha value is -7.74. The highest BCUT2D eigenvalue weighted by Gasteiger charge is 2.18. The summed E-state index contributed by atoms with van der Waals surface area (Å²) in [5.41, 5.74) is 16.0. The van der Waals surface area contributed by atoms with E-state index in [1.54, 1.807) is 0 Å². The van der Waals surface area contributed by atoms with Gasteiger partial charge in [-0.2, -0.15) is 0 Å². The van der Waals surface area contributed by atoms with E-state index in [0.717, 1.165) is 11.3 Å². The van der Waals surface area contributed by atoms with Crippen molar-refractivity contribution in [3.63, 3.8) is 0 Å². The standard InChI is InChI=1S/C52H33N.C11H18.C2H6/c1-4-10-34(11-5-1)40-22-30-49-47(32-40)48-33-41(35-12-6-2-7-13-35)23-31-50(48)53(49)42-24-16-37(17-25-42)44-27-19-39-20-28-45-43(36-14-8-3-9-15-36)26-18-38-21-29-46(44)52(39)51(38)45;1-7-10(8-9(2)3)11(4,5)6;1-2/h1-33H;7-8H,1-2H2,3-6H3;1-2H3/b;10-8+;. The molecule has 10 aromatic carbocycles. The molecule has 0 fully saturated rings. The van der Waals surface area contributed by atoms with Gasteiger partial charge in [0.25, 0.3) is 0 Å². The van der Waals surface area contributed by atoms with Crippen molar-refractivity contribution in [1.29, 1.82) is 0 Å². The minimum Gasteiger partial charge on any atom is -0.309 e. The Morgan fingerprint density at radius 2 is 0.833 bits per heavy atom. The Kier molecular flexibility index (Phi) is 12.1. The summed E-state index contributed by atoms with van der Waals surface area (Å²) in [5, 5.41) is 10.3. The van der Waals surface area contributed by atoms with Crippen molar-refractivity contribution >= 4 is 54.1 Å². The van der Waals surface area contributed by atoms with Crippen LogP contribution in [-0.4, -0.2) is 4.57 Å². The third-order valence-electron chi connectivity index (χ3n) is 12.7. The van der Waals surface area contributed by atoms with E-state index < -0.39 is 0 Å². The normalized spacial score (nSPS) is 11.7. The molecule has 0 aliphatic rings. The van der Waals surface area contributed by atoms with Crippen molar-refractivity contribution in [2.24, 2.45) is 5.41 Å². The third kappa shape index (κ3) is 8.26. The molecule has 0 amide bonds. The Balaban J connectivity index is 0.000000373. The first kappa shape index (κ1) is 43.5. The van der Waals surface area contributed by atoms with E-state index in [4.69, 9.17) is 0 Å². The lowest BCUT2D eigenvalue weighted by atomic mass is 9.85. The summed E-state index contributed by atoms with van der Waals surface area (Å²) in [6, 6.07) is 73.4. The molecule has 0 spiro atoms. The van der Waals surface area contributed by atoms with E-state index in [-0.39, 0.29) is 5.41 Å². The first-order chi connectivity index (χ1) is 32.2. The van der Waals surface area contributed by atoms with Crippen LogP contribution in [0.5, 0.6) is 0 Å². The number of aromatic nitrogens is 1. The lowest BCUT2D eigenvalue weighted by molar-refractivity contribution is 0.517. The van der Waals surface area contributed by atoms with E-state index in [2.05, 4.69) is 245 Å². The Morgan fingerprint density at radius 3 is 1.23 bits per heavy atom. The summed E-state index contributed by atoms with van der Waals surface area (Å²) in [7, 11) is 0. The summed E-state index contributed by atoms with van der Waals surface area (Å²) >= 11 is 0. The number of fused-ring (bicyclic) bond motifs is 3. The average Bonchev–Trinajstić information content (AvgIpc) is 3.69. The molecule has 11 rings (SSSR count). The van der Waals surface area contributed by atoms with E-state index in [0.29, 0.717) is 0 Å². The van der Waals surface area contributed by atoms with Crippen LogP contribution in [0.4, 0.5) is 0 Å². The molecule has 322 valence electrons. The third-order valence-corrected chi connectivity index (χ3v) is 12.7. The second kappa shape index (κ2) is 18.4. The van der Waals surface area contributed by atoms with Gasteiger partial charge in [0.2, 0.25) is 0 Å². The van der Waals surface area contributed by atoms with Gasteiger partial charge in [0.05, 0.1) is 11.0 Å². The van der Waals surface area contributed by atoms with Crippen molar-refractivity contribution in [2.75, 3.05) is 0 Å². The number of hydrogen-bond donors (Lipinski definition) is 0. The molecule has 0 N–H and O–H groups in total. The van der Waals surface area contributed by atoms with Gasteiger partial charge in [0.1, 0.15) is 0 Å². The van der Waals surface area contributed by atoms with Gasteiger partial charge < -0.3 is 4.57 Å². The van der Waals surface area contributed by atoms with Crippen LogP contribution in [-0.2, 0) is 0 Å². The lowest BCUT2D eigenvalue weighted by Crippen LogP contribution is -2.07. The Morgan fingerprint density at radius 1 is 0.439 bits per heavy atom. The van der Waals surface area contributed by atoms with Crippen LogP contribution in [0, 0.1) is 5.41 Å². The fourth-order valence-corrected chi connectivity index (χ4v) is 9.48. The quantitative estimate of drug-likeness (QED) is 0.111. The van der Waals surface area contributed by atoms with Crippen LogP contribution >= 0.6 is 0 Å². The van der Waals surface area contributed by atoms with E-state index >= 15 is 0 Å². The molecule has 0 unspecified atom stereocenters. The minimum atomic E-state index is 0.181. The zero-order valence-corrected chi connectivity index (χ0v) is 39.1. The molecule has 1 heterocycles. The molecule has 1 heteroatoms. The highest BCUT2D eigenvalue weighted by molar-refractivity contribution is 6.27.